The molecule has 0 spiro atoms. The van der Waals surface area contributed by atoms with Crippen LogP contribution in [0.4, 0.5) is 0 Å². The highest BCUT2D eigenvalue weighted by Crippen LogP contribution is 2.38. The summed E-state index contributed by atoms with van der Waals surface area (Å²) in [7, 11) is 3.18. The molecule has 1 saturated carbocycles. The Morgan fingerprint density at radius 1 is 0.976 bits per heavy atom. The van der Waals surface area contributed by atoms with Crippen molar-refractivity contribution >= 4 is 17.7 Å². The predicted octanol–water partition coefficient (Wildman–Crippen LogP) is 5.20. The van der Waals surface area contributed by atoms with E-state index in [0.29, 0.717) is 56.6 Å². The van der Waals surface area contributed by atoms with E-state index in [4.69, 9.17) is 14.2 Å². The van der Waals surface area contributed by atoms with Gasteiger partial charge in [0.2, 0.25) is 0 Å². The molecule has 0 unspecified atom stereocenters. The van der Waals surface area contributed by atoms with Gasteiger partial charge < -0.3 is 24.2 Å². The average Bonchev–Trinajstić information content (AvgIpc) is 3.02. The minimum atomic E-state index is -1.66. The van der Waals surface area contributed by atoms with E-state index in [-0.39, 0.29) is 12.3 Å². The first-order valence-corrected chi connectivity index (χ1v) is 14.9. The van der Waals surface area contributed by atoms with Crippen LogP contribution in [0.2, 0.25) is 0 Å². The summed E-state index contributed by atoms with van der Waals surface area (Å²) in [6.07, 6.45) is 5.72. The molecule has 222 valence electrons. The molecule has 1 amide bonds. The Morgan fingerprint density at radius 3 is 2.41 bits per heavy atom. The van der Waals surface area contributed by atoms with E-state index >= 15 is 0 Å². The molecule has 1 N–H and O–H groups in total. The van der Waals surface area contributed by atoms with E-state index in [1.807, 2.05) is 55.5 Å². The van der Waals surface area contributed by atoms with Gasteiger partial charge in [-0.15, -0.1) is 0 Å². The Bertz CT molecular complexity index is 1200. The van der Waals surface area contributed by atoms with Gasteiger partial charge in [0, 0.05) is 6.54 Å². The molecule has 2 aromatic rings. The number of carbonyl (C=O) groups is 3. The molecule has 4 atom stereocenters. The zero-order chi connectivity index (χ0) is 29.4. The lowest BCUT2D eigenvalue weighted by Crippen LogP contribution is -2.58. The number of ether oxygens (including phenoxy) is 3. The van der Waals surface area contributed by atoms with Crippen molar-refractivity contribution in [3.63, 3.8) is 0 Å². The standard InChI is InChI=1S/C33H43NO7/c1-4-25-14-8-10-20-33(25,38)30(35)31(36)34-21-11-9-15-26(34)32(37)41-27(24-12-6-5-7-13-24)18-16-23-17-19-28(39-2)29(22-23)40-3/h5-7,12-13,17,19,22,25-27,38H,4,8-11,14-16,18,20-21H2,1-3H3/t25-,26-,27+,33+/m0/s1. The van der Waals surface area contributed by atoms with Crippen LogP contribution in [0.15, 0.2) is 48.5 Å². The molecule has 2 fully saturated rings. The molecule has 2 aromatic carbocycles. The van der Waals surface area contributed by atoms with E-state index in [0.717, 1.165) is 30.4 Å². The van der Waals surface area contributed by atoms with Gasteiger partial charge in [-0.1, -0.05) is 62.6 Å². The van der Waals surface area contributed by atoms with Crippen molar-refractivity contribution in [2.45, 2.75) is 88.9 Å². The molecule has 0 bridgehead atoms. The van der Waals surface area contributed by atoms with Crippen LogP contribution in [-0.2, 0) is 25.5 Å². The fourth-order valence-electron chi connectivity index (χ4n) is 6.32. The van der Waals surface area contributed by atoms with Crippen molar-refractivity contribution in [2.75, 3.05) is 20.8 Å². The lowest BCUT2D eigenvalue weighted by atomic mass is 9.71. The second-order valence-electron chi connectivity index (χ2n) is 11.2. The minimum absolute atomic E-state index is 0.248. The number of nitrogens with zero attached hydrogens (tertiary/aromatic N) is 1. The number of methoxy groups -OCH3 is 2. The first-order chi connectivity index (χ1) is 19.8. The molecule has 0 radical (unpaired) electrons. The number of amides is 1. The van der Waals surface area contributed by atoms with Crippen LogP contribution >= 0.6 is 0 Å². The molecule has 8 nitrogen and oxygen atoms in total. The van der Waals surface area contributed by atoms with Gasteiger partial charge in [0.25, 0.3) is 11.7 Å². The van der Waals surface area contributed by atoms with Crippen LogP contribution in [0.25, 0.3) is 0 Å². The number of benzene rings is 2. The maximum atomic E-state index is 13.7. The number of hydrogen-bond donors (Lipinski definition) is 1. The Kier molecular flexibility index (Phi) is 10.4. The number of carbonyl (C=O) groups excluding carboxylic acids is 3. The maximum absolute atomic E-state index is 13.7. The van der Waals surface area contributed by atoms with Crippen LogP contribution < -0.4 is 9.47 Å². The number of aryl methyl sites for hydroxylation is 1. The Balaban J connectivity index is 1.51. The summed E-state index contributed by atoms with van der Waals surface area (Å²) in [6, 6.07) is 14.4. The van der Waals surface area contributed by atoms with Gasteiger partial charge in [0.15, 0.2) is 11.5 Å². The highest BCUT2D eigenvalue weighted by molar-refractivity contribution is 6.39. The van der Waals surface area contributed by atoms with Crippen molar-refractivity contribution in [3.8, 4) is 11.5 Å². The van der Waals surface area contributed by atoms with Crippen molar-refractivity contribution in [1.82, 2.24) is 4.90 Å². The normalized spacial score (nSPS) is 23.4. The van der Waals surface area contributed by atoms with E-state index in [1.54, 1.807) is 14.2 Å². The first-order valence-electron chi connectivity index (χ1n) is 14.9. The Hall–Kier alpha value is -3.39. The summed E-state index contributed by atoms with van der Waals surface area (Å²) in [5, 5.41) is 11.3. The van der Waals surface area contributed by atoms with Gasteiger partial charge in [0.1, 0.15) is 17.7 Å². The monoisotopic (exact) mass is 565 g/mol. The van der Waals surface area contributed by atoms with Gasteiger partial charge in [-0.3, -0.25) is 9.59 Å². The maximum Gasteiger partial charge on any atom is 0.329 e. The molecule has 41 heavy (non-hydrogen) atoms. The number of likely N-dealkylation sites (tertiary alicyclic amines) is 1. The molecule has 1 saturated heterocycles. The average molecular weight is 566 g/mol. The molecule has 8 heteroatoms. The zero-order valence-electron chi connectivity index (χ0n) is 24.5. The fourth-order valence-corrected chi connectivity index (χ4v) is 6.32. The number of aliphatic hydroxyl groups is 1. The van der Waals surface area contributed by atoms with Crippen LogP contribution in [-0.4, -0.2) is 60.1 Å². The topological polar surface area (TPSA) is 102 Å². The molecule has 1 aliphatic carbocycles. The molecule has 4 rings (SSSR count). The van der Waals surface area contributed by atoms with Crippen molar-refractivity contribution in [1.29, 1.82) is 0 Å². The van der Waals surface area contributed by atoms with Gasteiger partial charge in [-0.05, 0) is 74.1 Å². The highest BCUT2D eigenvalue weighted by atomic mass is 16.5. The summed E-state index contributed by atoms with van der Waals surface area (Å²) in [5.74, 6) is -1.05. The van der Waals surface area contributed by atoms with Crippen LogP contribution in [0.1, 0.15) is 81.9 Å². The number of piperidine rings is 1. The second-order valence-corrected chi connectivity index (χ2v) is 11.2. The SMILES string of the molecule is CC[C@H]1CCCC[C@]1(O)C(=O)C(=O)N1CCCC[C@H]1C(=O)O[C@H](CCc1ccc(OC)c(OC)c1)c1ccccc1. The summed E-state index contributed by atoms with van der Waals surface area (Å²) in [5.41, 5.74) is 0.196. The third-order valence-corrected chi connectivity index (χ3v) is 8.72. The van der Waals surface area contributed by atoms with E-state index in [1.165, 1.54) is 4.90 Å². The summed E-state index contributed by atoms with van der Waals surface area (Å²) >= 11 is 0. The molecule has 0 aromatic heterocycles. The van der Waals surface area contributed by atoms with E-state index in [9.17, 15) is 19.5 Å². The smallest absolute Gasteiger partial charge is 0.329 e. The summed E-state index contributed by atoms with van der Waals surface area (Å²) in [6.45, 7) is 2.23. The highest BCUT2D eigenvalue weighted by Gasteiger charge is 2.50. The van der Waals surface area contributed by atoms with Crippen molar-refractivity contribution in [2.24, 2.45) is 5.92 Å². The molecule has 2 aliphatic rings. The first kappa shape index (κ1) is 30.6. The number of esters is 1. The van der Waals surface area contributed by atoms with Crippen molar-refractivity contribution in [3.05, 3.63) is 59.7 Å². The number of rotatable bonds is 11. The summed E-state index contributed by atoms with van der Waals surface area (Å²) in [4.78, 5) is 42.0. The zero-order valence-corrected chi connectivity index (χ0v) is 24.5. The molecular formula is C33H43NO7. The second kappa shape index (κ2) is 14.0. The Labute approximate surface area is 243 Å². The number of Topliss-reactive ketones (excluding diaryl/α,β-unsaturated/α-hetero) is 1. The van der Waals surface area contributed by atoms with Crippen LogP contribution in [0.5, 0.6) is 11.5 Å². The third-order valence-electron chi connectivity index (χ3n) is 8.72. The molecule has 1 heterocycles. The van der Waals surface area contributed by atoms with Gasteiger partial charge >= 0.3 is 5.97 Å². The molecule has 1 aliphatic heterocycles. The lowest BCUT2D eigenvalue weighted by molar-refractivity contribution is -0.169. The van der Waals surface area contributed by atoms with Gasteiger partial charge in [0.05, 0.1) is 14.2 Å². The minimum Gasteiger partial charge on any atom is -0.493 e. The largest absolute Gasteiger partial charge is 0.493 e. The summed E-state index contributed by atoms with van der Waals surface area (Å²) < 4.78 is 16.9. The van der Waals surface area contributed by atoms with Gasteiger partial charge in [-0.25, -0.2) is 4.79 Å². The third kappa shape index (κ3) is 6.92. The molecular weight excluding hydrogens is 522 g/mol. The van der Waals surface area contributed by atoms with E-state index in [2.05, 4.69) is 0 Å². The fraction of sp³-hybridized carbons (Fsp3) is 0.545. The van der Waals surface area contributed by atoms with Crippen molar-refractivity contribution < 1.29 is 33.7 Å². The van der Waals surface area contributed by atoms with Crippen LogP contribution in [0.3, 0.4) is 0 Å². The lowest BCUT2D eigenvalue weighted by Gasteiger charge is -2.40. The number of hydrogen-bond acceptors (Lipinski definition) is 7. The Morgan fingerprint density at radius 2 is 1.71 bits per heavy atom. The number of ketones is 1. The predicted molar refractivity (Wildman–Crippen MR) is 155 cm³/mol. The quantitative estimate of drug-likeness (QED) is 0.295. The van der Waals surface area contributed by atoms with E-state index < -0.39 is 35.4 Å². The van der Waals surface area contributed by atoms with Crippen LogP contribution in [0, 0.1) is 5.92 Å². The van der Waals surface area contributed by atoms with Gasteiger partial charge in [-0.2, -0.15) is 0 Å².